The quantitative estimate of drug-likeness (QED) is 0.193. The van der Waals surface area contributed by atoms with E-state index < -0.39 is 0 Å². The van der Waals surface area contributed by atoms with Crippen LogP contribution in [-0.4, -0.2) is 0 Å². The van der Waals surface area contributed by atoms with Gasteiger partial charge in [0.2, 0.25) is 0 Å². The molecule has 176 valence electrons. The van der Waals surface area contributed by atoms with Gasteiger partial charge < -0.3 is 13.8 Å². The Balaban J connectivity index is 0.000000187. The van der Waals surface area contributed by atoms with Gasteiger partial charge in [0.1, 0.15) is 0 Å². The monoisotopic (exact) mass is 534 g/mol. The van der Waals surface area contributed by atoms with Gasteiger partial charge in [-0.3, -0.25) is 0 Å². The van der Waals surface area contributed by atoms with Crippen LogP contribution in [0, 0.1) is 13.8 Å². The Hall–Kier alpha value is -2.50. The topological polar surface area (TPSA) is 0 Å². The molecule has 0 aliphatic carbocycles. The van der Waals surface area contributed by atoms with Crippen molar-refractivity contribution in [3.8, 4) is 0 Å². The normalized spacial score (nSPS) is 9.94. The first-order valence-corrected chi connectivity index (χ1v) is 12.4. The molecule has 0 unspecified atom stereocenters. The minimum Gasteiger partial charge on any atom is -0.343 e. The standard InChI is InChI=1S/2C13H9.2C4H9.Zr/c2*1-3-7-12-10(5-1)9-11-6-2-4-8-13(11)12;2*1-3-4-2;/h2*1-9H;2*1,3-4H2,2H3;/q4*-1;+4. The minimum atomic E-state index is 0. The second-order valence-corrected chi connectivity index (χ2v) is 8.34. The second kappa shape index (κ2) is 15.5. The summed E-state index contributed by atoms with van der Waals surface area (Å²) in [6, 6.07) is 38.5. The van der Waals surface area contributed by atoms with Crippen LogP contribution in [0.15, 0.2) is 109 Å². The van der Waals surface area contributed by atoms with E-state index in [9.17, 15) is 0 Å². The van der Waals surface area contributed by atoms with E-state index in [4.69, 9.17) is 0 Å². The van der Waals surface area contributed by atoms with E-state index in [0.29, 0.717) is 0 Å². The van der Waals surface area contributed by atoms with Gasteiger partial charge in [-0.05, 0) is 0 Å². The number of hydrogen-bond donors (Lipinski definition) is 0. The van der Waals surface area contributed by atoms with Crippen LogP contribution in [0.3, 0.4) is 0 Å². The zero-order valence-corrected chi connectivity index (χ0v) is 23.6. The molecule has 0 atom stereocenters. The van der Waals surface area contributed by atoms with Crippen molar-refractivity contribution in [3.63, 3.8) is 0 Å². The number of benzene rings is 4. The Morgan fingerprint density at radius 2 is 0.657 bits per heavy atom. The predicted octanol–water partition coefficient (Wildman–Crippen LogP) is 10.7. The zero-order chi connectivity index (χ0) is 24.2. The Kier molecular flexibility index (Phi) is 12.7. The van der Waals surface area contributed by atoms with E-state index in [0.717, 1.165) is 12.8 Å². The molecule has 0 N–H and O–H groups in total. The third-order valence-corrected chi connectivity index (χ3v) is 5.75. The number of fused-ring (bicyclic) bond motifs is 6. The van der Waals surface area contributed by atoms with Crippen LogP contribution in [0.25, 0.3) is 43.1 Å². The van der Waals surface area contributed by atoms with E-state index in [1.54, 1.807) is 0 Å². The SMILES string of the molecule is [CH2-]CCC.[CH2-]CCC.[Zr+4].c1ccc2c(c1)[cH-]c1ccccc12.c1ccc2c(c1)[cH-]c1ccccc12. The molecule has 0 nitrogen and oxygen atoms in total. The van der Waals surface area contributed by atoms with E-state index in [1.807, 2.05) is 0 Å². The van der Waals surface area contributed by atoms with Gasteiger partial charge in [0.05, 0.1) is 0 Å². The fraction of sp³-hybridized carbons (Fsp3) is 0.176. The van der Waals surface area contributed by atoms with Crippen LogP contribution in [0.1, 0.15) is 39.5 Å². The van der Waals surface area contributed by atoms with Crippen LogP contribution in [0.2, 0.25) is 0 Å². The molecule has 6 rings (SSSR count). The van der Waals surface area contributed by atoms with Gasteiger partial charge in [0, 0.05) is 0 Å². The molecular weight excluding hydrogens is 500 g/mol. The molecule has 0 spiro atoms. The molecule has 0 saturated heterocycles. The summed E-state index contributed by atoms with van der Waals surface area (Å²) in [5, 5.41) is 10.8. The van der Waals surface area contributed by atoms with Crippen molar-refractivity contribution in [1.82, 2.24) is 0 Å². The van der Waals surface area contributed by atoms with Crippen LogP contribution >= 0.6 is 0 Å². The van der Waals surface area contributed by atoms with Gasteiger partial charge in [-0.15, -0.1) is 79.5 Å². The summed E-state index contributed by atoms with van der Waals surface area (Å²) in [5.74, 6) is 0. The molecule has 0 radical (unpaired) electrons. The van der Waals surface area contributed by atoms with Gasteiger partial charge in [-0.25, -0.2) is 0 Å². The molecule has 6 aromatic rings. The molecule has 0 saturated carbocycles. The fourth-order valence-electron chi connectivity index (χ4n) is 3.81. The molecular formula is C34H36Zr. The third-order valence-electron chi connectivity index (χ3n) is 5.75. The summed E-state index contributed by atoms with van der Waals surface area (Å²) < 4.78 is 0. The van der Waals surface area contributed by atoms with Crippen molar-refractivity contribution >= 4 is 43.1 Å². The summed E-state index contributed by atoms with van der Waals surface area (Å²) in [6.07, 6.45) is 4.56. The van der Waals surface area contributed by atoms with Gasteiger partial charge >= 0.3 is 26.2 Å². The molecule has 0 amide bonds. The Morgan fingerprint density at radius 3 is 0.857 bits per heavy atom. The van der Waals surface area contributed by atoms with Crippen molar-refractivity contribution in [2.75, 3.05) is 0 Å². The first kappa shape index (κ1) is 28.7. The predicted molar refractivity (Wildman–Crippen MR) is 155 cm³/mol. The summed E-state index contributed by atoms with van der Waals surface area (Å²) in [4.78, 5) is 0. The molecule has 0 bridgehead atoms. The molecule has 35 heavy (non-hydrogen) atoms. The summed E-state index contributed by atoms with van der Waals surface area (Å²) in [5.41, 5.74) is 0. The minimum absolute atomic E-state index is 0. The van der Waals surface area contributed by atoms with Crippen LogP contribution < -0.4 is 0 Å². The van der Waals surface area contributed by atoms with Crippen LogP contribution in [-0.2, 0) is 26.2 Å². The maximum atomic E-state index is 3.60. The number of hydrogen-bond acceptors (Lipinski definition) is 0. The van der Waals surface area contributed by atoms with Gasteiger partial charge in [0.25, 0.3) is 0 Å². The van der Waals surface area contributed by atoms with Crippen molar-refractivity contribution in [2.24, 2.45) is 0 Å². The molecule has 0 heterocycles. The van der Waals surface area contributed by atoms with Gasteiger partial charge in [-0.1, -0.05) is 99.5 Å². The largest absolute Gasteiger partial charge is 4.00 e. The second-order valence-electron chi connectivity index (χ2n) is 8.34. The van der Waals surface area contributed by atoms with E-state index in [-0.39, 0.29) is 26.2 Å². The van der Waals surface area contributed by atoms with Gasteiger partial charge in [0.15, 0.2) is 0 Å². The van der Waals surface area contributed by atoms with Crippen LogP contribution in [0.5, 0.6) is 0 Å². The average molecular weight is 536 g/mol. The van der Waals surface area contributed by atoms with Crippen molar-refractivity contribution < 1.29 is 26.2 Å². The van der Waals surface area contributed by atoms with Crippen molar-refractivity contribution in [2.45, 2.75) is 39.5 Å². The number of unbranched alkanes of at least 4 members (excludes halogenated alkanes) is 2. The Labute approximate surface area is 230 Å². The molecule has 6 aromatic carbocycles. The first-order chi connectivity index (χ1) is 16.7. The molecule has 1 heteroatoms. The molecule has 0 aliphatic heterocycles. The maximum Gasteiger partial charge on any atom is 4.00 e. The maximum absolute atomic E-state index is 3.60. The Bertz CT molecular complexity index is 1190. The third kappa shape index (κ3) is 7.74. The number of rotatable bonds is 2. The van der Waals surface area contributed by atoms with Gasteiger partial charge in [-0.2, -0.15) is 12.8 Å². The molecule has 0 aromatic heterocycles. The summed E-state index contributed by atoms with van der Waals surface area (Å²) in [6.45, 7) is 11.4. The summed E-state index contributed by atoms with van der Waals surface area (Å²) in [7, 11) is 0. The molecule has 0 fully saturated rings. The average Bonchev–Trinajstić information content (AvgIpc) is 3.48. The van der Waals surface area contributed by atoms with E-state index >= 15 is 0 Å². The smallest absolute Gasteiger partial charge is 0.343 e. The van der Waals surface area contributed by atoms with E-state index in [2.05, 4.69) is 137 Å². The molecule has 0 aliphatic rings. The fourth-order valence-corrected chi connectivity index (χ4v) is 3.81. The zero-order valence-electron chi connectivity index (χ0n) is 21.1. The van der Waals surface area contributed by atoms with Crippen LogP contribution in [0.4, 0.5) is 0 Å². The van der Waals surface area contributed by atoms with E-state index in [1.165, 1.54) is 55.9 Å². The first-order valence-electron chi connectivity index (χ1n) is 12.4. The summed E-state index contributed by atoms with van der Waals surface area (Å²) >= 11 is 0. The van der Waals surface area contributed by atoms with Crippen molar-refractivity contribution in [1.29, 1.82) is 0 Å². The Morgan fingerprint density at radius 1 is 0.457 bits per heavy atom. The van der Waals surface area contributed by atoms with Crippen molar-refractivity contribution in [3.05, 3.63) is 123 Å².